The molecule has 0 aliphatic carbocycles. The van der Waals surface area contributed by atoms with Crippen LogP contribution in [0.15, 0.2) is 48.5 Å². The Labute approximate surface area is 137 Å². The predicted octanol–water partition coefficient (Wildman–Crippen LogP) is 3.90. The van der Waals surface area contributed by atoms with E-state index in [1.165, 1.54) is 12.1 Å². The maximum Gasteiger partial charge on any atom is 0.343 e. The number of carbonyl (C=O) groups excluding carboxylic acids is 1. The second-order valence-electron chi connectivity index (χ2n) is 4.35. The average molecular weight is 343 g/mol. The third-order valence-electron chi connectivity index (χ3n) is 2.68. The summed E-state index contributed by atoms with van der Waals surface area (Å²) in [7, 11) is -0.480. The van der Waals surface area contributed by atoms with Gasteiger partial charge in [0.1, 0.15) is 0 Å². The third kappa shape index (κ3) is 5.72. The highest BCUT2D eigenvalue weighted by molar-refractivity contribution is 8.08. The minimum absolute atomic E-state index is 0.274. The lowest BCUT2D eigenvalue weighted by Gasteiger charge is -2.03. The number of rotatable bonds is 2. The highest BCUT2D eigenvalue weighted by atomic mass is 32.0. The van der Waals surface area contributed by atoms with Gasteiger partial charge in [0.15, 0.2) is 0 Å². The number of carbonyl (C=O) groups is 1. The molecule has 2 N–H and O–H groups in total. The number of nitrogen functional groups attached to an aromatic ring is 1. The van der Waals surface area contributed by atoms with E-state index in [4.69, 9.17) is 5.73 Å². The Kier molecular flexibility index (Phi) is 6.13. The molecule has 0 saturated heterocycles. The first-order valence-electron chi connectivity index (χ1n) is 6.45. The zero-order valence-electron chi connectivity index (χ0n) is 11.9. The number of hydrogen-bond donors (Lipinski definition) is 1. The lowest BCUT2D eigenvalue weighted by molar-refractivity contribution is 0.0751. The molecule has 2 atom stereocenters. The van der Waals surface area contributed by atoms with E-state index in [-0.39, 0.29) is 5.56 Å². The largest absolute Gasteiger partial charge is 0.406 e. The van der Waals surface area contributed by atoms with Crippen LogP contribution in [-0.4, -0.2) is 5.97 Å². The Bertz CT molecular complexity index is 810. The molecule has 0 radical (unpaired) electrons. The Morgan fingerprint density at radius 3 is 1.96 bits per heavy atom. The number of hydrogen-bond acceptors (Lipinski definition) is 3. The molecule has 0 amide bonds. The summed E-state index contributed by atoms with van der Waals surface area (Å²) in [6.45, 7) is 0. The van der Waals surface area contributed by atoms with Crippen LogP contribution in [0.25, 0.3) is 0 Å². The fraction of sp³-hybridized carbons (Fsp3) is 0. The maximum atomic E-state index is 12.6. The molecule has 23 heavy (non-hydrogen) atoms. The van der Waals surface area contributed by atoms with Crippen LogP contribution in [-0.2, 0) is 4.52 Å². The molecule has 0 aliphatic heterocycles. The number of nitrogens with two attached hydrogens (primary N) is 1. The van der Waals surface area contributed by atoms with Crippen molar-refractivity contribution in [1.29, 1.82) is 0 Å². The minimum atomic E-state index is -2.29. The van der Waals surface area contributed by atoms with Crippen molar-refractivity contribution in [1.82, 2.24) is 0 Å². The molecule has 0 aromatic heterocycles. The number of anilines is 1. The summed E-state index contributed by atoms with van der Waals surface area (Å²) in [5.41, 5.74) is 8.07. The van der Waals surface area contributed by atoms with Gasteiger partial charge in [-0.1, -0.05) is 11.8 Å². The van der Waals surface area contributed by atoms with Crippen molar-refractivity contribution in [2.75, 3.05) is 5.73 Å². The van der Waals surface area contributed by atoms with Gasteiger partial charge in [0, 0.05) is 16.8 Å². The van der Waals surface area contributed by atoms with E-state index in [0.717, 1.165) is 5.56 Å². The summed E-state index contributed by atoms with van der Waals surface area (Å²) in [6, 6.07) is 13.5. The highest BCUT2D eigenvalue weighted by Crippen LogP contribution is 2.47. The minimum Gasteiger partial charge on any atom is -0.406 e. The zero-order valence-corrected chi connectivity index (χ0v) is 14.0. The molecule has 3 nitrogen and oxygen atoms in total. The van der Waals surface area contributed by atoms with Crippen molar-refractivity contribution >= 4 is 28.7 Å². The maximum absolute atomic E-state index is 12.6. The van der Waals surface area contributed by atoms with Crippen molar-refractivity contribution in [2.45, 2.75) is 0 Å². The lowest BCUT2D eigenvalue weighted by Crippen LogP contribution is -1.98. The SMILES string of the molecule is Nc1ccc(C#CC#Cc2ccc(C(=O)OP(F)P)cc2)cc1. The molecule has 0 fully saturated rings. The van der Waals surface area contributed by atoms with Crippen molar-refractivity contribution in [3.05, 3.63) is 65.2 Å². The molecular weight excluding hydrogens is 331 g/mol. The van der Waals surface area contributed by atoms with E-state index in [9.17, 15) is 8.99 Å². The summed E-state index contributed by atoms with van der Waals surface area (Å²) in [6.07, 6.45) is 0. The third-order valence-corrected chi connectivity index (χ3v) is 3.33. The van der Waals surface area contributed by atoms with E-state index in [1.807, 2.05) is 21.1 Å². The molecule has 0 heterocycles. The first kappa shape index (κ1) is 17.0. The van der Waals surface area contributed by atoms with Crippen molar-refractivity contribution in [3.8, 4) is 23.7 Å². The molecular formula is C17H12FNO2P2. The van der Waals surface area contributed by atoms with E-state index >= 15 is 0 Å². The normalized spacial score (nSPS) is 10.5. The van der Waals surface area contributed by atoms with E-state index in [2.05, 4.69) is 28.2 Å². The number of benzene rings is 2. The van der Waals surface area contributed by atoms with E-state index in [0.29, 0.717) is 11.3 Å². The van der Waals surface area contributed by atoms with Crippen LogP contribution in [0.2, 0.25) is 0 Å². The second kappa shape index (κ2) is 8.30. The Morgan fingerprint density at radius 2 is 1.48 bits per heavy atom. The monoisotopic (exact) mass is 343 g/mol. The molecule has 0 spiro atoms. The van der Waals surface area contributed by atoms with Crippen molar-refractivity contribution in [2.24, 2.45) is 0 Å². The molecule has 0 aliphatic rings. The Morgan fingerprint density at radius 1 is 1.00 bits per heavy atom. The first-order valence-corrected chi connectivity index (χ1v) is 9.22. The van der Waals surface area contributed by atoms with Crippen LogP contribution in [0, 0.1) is 23.7 Å². The van der Waals surface area contributed by atoms with Crippen molar-refractivity contribution < 1.29 is 13.5 Å². The van der Waals surface area contributed by atoms with Crippen LogP contribution in [0.5, 0.6) is 0 Å². The van der Waals surface area contributed by atoms with Gasteiger partial charge in [-0.3, -0.25) is 0 Å². The molecule has 2 unspecified atom stereocenters. The van der Waals surface area contributed by atoms with Gasteiger partial charge in [0.05, 0.1) is 5.56 Å². The molecule has 114 valence electrons. The fourth-order valence-electron chi connectivity index (χ4n) is 1.59. The second-order valence-corrected chi connectivity index (χ2v) is 6.29. The fourth-order valence-corrected chi connectivity index (χ4v) is 2.15. The quantitative estimate of drug-likeness (QED) is 0.511. The van der Waals surface area contributed by atoms with E-state index < -0.39 is 14.1 Å². The van der Waals surface area contributed by atoms with Gasteiger partial charge in [0.25, 0.3) is 8.15 Å². The summed E-state index contributed by atoms with van der Waals surface area (Å²) in [5.74, 6) is 10.5. The summed E-state index contributed by atoms with van der Waals surface area (Å²) < 4.78 is 17.1. The molecule has 2 aromatic carbocycles. The van der Waals surface area contributed by atoms with Gasteiger partial charge in [-0.15, -0.1) is 0 Å². The van der Waals surface area contributed by atoms with Gasteiger partial charge in [-0.05, 0) is 69.3 Å². The van der Waals surface area contributed by atoms with Crippen LogP contribution in [0.4, 0.5) is 9.88 Å². The highest BCUT2D eigenvalue weighted by Gasteiger charge is 2.11. The molecule has 6 heteroatoms. The molecule has 0 saturated carbocycles. The smallest absolute Gasteiger partial charge is 0.343 e. The molecule has 0 bridgehead atoms. The summed E-state index contributed by atoms with van der Waals surface area (Å²) >= 11 is 0. The Balaban J connectivity index is 2.02. The molecule has 2 rings (SSSR count). The van der Waals surface area contributed by atoms with Crippen LogP contribution >= 0.6 is 17.1 Å². The van der Waals surface area contributed by atoms with Crippen molar-refractivity contribution in [3.63, 3.8) is 0 Å². The number of halogens is 1. The summed E-state index contributed by atoms with van der Waals surface area (Å²) in [5, 5.41) is 0. The topological polar surface area (TPSA) is 52.3 Å². The van der Waals surface area contributed by atoms with Gasteiger partial charge in [-0.2, -0.15) is 4.20 Å². The Hall–Kier alpha value is -2.38. The van der Waals surface area contributed by atoms with Gasteiger partial charge >= 0.3 is 5.97 Å². The standard InChI is InChI=1S/C17H12FNO2P2/c18-23(22)21-17(20)15-9-5-13(6-10-15)3-1-2-4-14-7-11-16(19)12-8-14/h5-12H,19,22H2. The van der Waals surface area contributed by atoms with Gasteiger partial charge in [-0.25, -0.2) is 4.79 Å². The zero-order chi connectivity index (χ0) is 16.7. The summed E-state index contributed by atoms with van der Waals surface area (Å²) in [4.78, 5) is 11.5. The van der Waals surface area contributed by atoms with Gasteiger partial charge in [0.2, 0.25) is 0 Å². The average Bonchev–Trinajstić information content (AvgIpc) is 2.53. The van der Waals surface area contributed by atoms with Gasteiger partial charge < -0.3 is 10.3 Å². The predicted molar refractivity (Wildman–Crippen MR) is 94.2 cm³/mol. The van der Waals surface area contributed by atoms with Crippen LogP contribution < -0.4 is 5.73 Å². The first-order chi connectivity index (χ1) is 11.0. The lowest BCUT2D eigenvalue weighted by atomic mass is 10.1. The van der Waals surface area contributed by atoms with E-state index in [1.54, 1.807) is 24.3 Å². The van der Waals surface area contributed by atoms with Crippen LogP contribution in [0.3, 0.4) is 0 Å². The molecule has 2 aromatic rings. The van der Waals surface area contributed by atoms with Crippen LogP contribution in [0.1, 0.15) is 21.5 Å².